The number of fused-ring (bicyclic) bond motifs is 1. The van der Waals surface area contributed by atoms with Gasteiger partial charge in [-0.2, -0.15) is 0 Å². The lowest BCUT2D eigenvalue weighted by atomic mass is 9.96. The van der Waals surface area contributed by atoms with Gasteiger partial charge in [0.25, 0.3) is 0 Å². The molecule has 5 nitrogen and oxygen atoms in total. The van der Waals surface area contributed by atoms with E-state index in [1.54, 1.807) is 0 Å². The molecule has 0 saturated carbocycles. The summed E-state index contributed by atoms with van der Waals surface area (Å²) in [4.78, 5) is 19.7. The number of nitrogens with zero attached hydrogens (tertiary/aromatic N) is 3. The summed E-state index contributed by atoms with van der Waals surface area (Å²) in [7, 11) is 0. The summed E-state index contributed by atoms with van der Waals surface area (Å²) < 4.78 is 5.37. The predicted octanol–water partition coefficient (Wildman–Crippen LogP) is 0.994. The van der Waals surface area contributed by atoms with Crippen LogP contribution in [0.5, 0.6) is 0 Å². The fourth-order valence-electron chi connectivity index (χ4n) is 2.88. The molecule has 5 heteroatoms. The Morgan fingerprint density at radius 1 is 1.42 bits per heavy atom. The van der Waals surface area contributed by atoms with Gasteiger partial charge < -0.3 is 14.5 Å². The number of pyridine rings is 1. The second-order valence-electron chi connectivity index (χ2n) is 5.27. The van der Waals surface area contributed by atoms with Crippen molar-refractivity contribution in [3.63, 3.8) is 0 Å². The van der Waals surface area contributed by atoms with Crippen LogP contribution in [0.4, 0.5) is 5.69 Å². The van der Waals surface area contributed by atoms with Crippen LogP contribution in [0, 0.1) is 0 Å². The van der Waals surface area contributed by atoms with Crippen molar-refractivity contribution < 1.29 is 9.53 Å². The van der Waals surface area contributed by atoms with Crippen molar-refractivity contribution in [2.75, 3.05) is 37.7 Å². The number of ether oxygens (including phenoxy) is 1. The first kappa shape index (κ1) is 12.4. The molecule has 1 saturated heterocycles. The van der Waals surface area contributed by atoms with E-state index in [2.05, 4.69) is 22.9 Å². The van der Waals surface area contributed by atoms with Gasteiger partial charge in [-0.25, -0.2) is 0 Å². The second-order valence-corrected chi connectivity index (χ2v) is 5.27. The van der Waals surface area contributed by atoms with E-state index in [0.29, 0.717) is 12.5 Å². The summed E-state index contributed by atoms with van der Waals surface area (Å²) in [5.74, 6) is 0.313. The lowest BCUT2D eigenvalue weighted by Crippen LogP contribution is -2.37. The van der Waals surface area contributed by atoms with Crippen LogP contribution in [0.25, 0.3) is 0 Å². The van der Waals surface area contributed by atoms with Gasteiger partial charge in [0.05, 0.1) is 30.8 Å². The molecule has 1 aromatic heterocycles. The Labute approximate surface area is 113 Å². The molecule has 1 atom stereocenters. The van der Waals surface area contributed by atoms with Gasteiger partial charge in [0, 0.05) is 32.1 Å². The Morgan fingerprint density at radius 2 is 2.21 bits per heavy atom. The maximum absolute atomic E-state index is 11.0. The molecule has 0 radical (unpaired) electrons. The lowest BCUT2D eigenvalue weighted by Gasteiger charge is -2.32. The van der Waals surface area contributed by atoms with Gasteiger partial charge in [0.1, 0.15) is 0 Å². The van der Waals surface area contributed by atoms with Gasteiger partial charge in [-0.15, -0.1) is 0 Å². The van der Waals surface area contributed by atoms with Crippen molar-refractivity contribution in [3.8, 4) is 0 Å². The topological polar surface area (TPSA) is 45.7 Å². The van der Waals surface area contributed by atoms with Gasteiger partial charge >= 0.3 is 0 Å². The summed E-state index contributed by atoms with van der Waals surface area (Å²) >= 11 is 0. The number of amides is 1. The molecule has 1 amide bonds. The van der Waals surface area contributed by atoms with Crippen molar-refractivity contribution in [2.24, 2.45) is 0 Å². The third kappa shape index (κ3) is 2.42. The molecule has 3 heterocycles. The van der Waals surface area contributed by atoms with Gasteiger partial charge in [-0.3, -0.25) is 9.78 Å². The predicted molar refractivity (Wildman–Crippen MR) is 72.2 cm³/mol. The third-order valence-corrected chi connectivity index (χ3v) is 3.86. The van der Waals surface area contributed by atoms with Gasteiger partial charge in [-0.05, 0) is 11.6 Å². The number of rotatable bonds is 2. The van der Waals surface area contributed by atoms with E-state index in [4.69, 9.17) is 4.74 Å². The SMILES string of the molecule is CC1CN(C=O)Cc2cc(N3CCOCC3)cnc21. The number of aromatic nitrogens is 1. The zero-order valence-corrected chi connectivity index (χ0v) is 11.2. The molecule has 1 fully saturated rings. The van der Waals surface area contributed by atoms with Crippen molar-refractivity contribution in [1.82, 2.24) is 9.88 Å². The van der Waals surface area contributed by atoms with E-state index < -0.39 is 0 Å². The fourth-order valence-corrected chi connectivity index (χ4v) is 2.88. The van der Waals surface area contributed by atoms with E-state index in [0.717, 1.165) is 50.6 Å². The molecule has 0 N–H and O–H groups in total. The number of hydrogen-bond acceptors (Lipinski definition) is 4. The minimum absolute atomic E-state index is 0.313. The first-order valence-electron chi connectivity index (χ1n) is 6.79. The van der Waals surface area contributed by atoms with Crippen molar-refractivity contribution in [3.05, 3.63) is 23.5 Å². The van der Waals surface area contributed by atoms with E-state index in [1.165, 1.54) is 5.56 Å². The van der Waals surface area contributed by atoms with E-state index in [-0.39, 0.29) is 0 Å². The highest BCUT2D eigenvalue weighted by Crippen LogP contribution is 2.28. The van der Waals surface area contributed by atoms with Crippen LogP contribution in [0.15, 0.2) is 12.3 Å². The Morgan fingerprint density at radius 3 is 2.95 bits per heavy atom. The zero-order valence-electron chi connectivity index (χ0n) is 11.2. The summed E-state index contributed by atoms with van der Waals surface area (Å²) in [6.07, 6.45) is 2.89. The summed E-state index contributed by atoms with van der Waals surface area (Å²) in [5.41, 5.74) is 3.45. The molecule has 0 spiro atoms. The van der Waals surface area contributed by atoms with E-state index >= 15 is 0 Å². The molecular formula is C14H19N3O2. The van der Waals surface area contributed by atoms with E-state index in [9.17, 15) is 4.79 Å². The number of carbonyl (C=O) groups is 1. The Hall–Kier alpha value is -1.62. The molecule has 2 aliphatic heterocycles. The first-order chi connectivity index (χ1) is 9.28. The highest BCUT2D eigenvalue weighted by atomic mass is 16.5. The van der Waals surface area contributed by atoms with Crippen LogP contribution in [0.1, 0.15) is 24.1 Å². The molecule has 1 aromatic rings. The minimum atomic E-state index is 0.313. The van der Waals surface area contributed by atoms with Crippen LogP contribution in [-0.2, 0) is 16.1 Å². The molecule has 0 bridgehead atoms. The Balaban J connectivity index is 1.87. The largest absolute Gasteiger partial charge is 0.378 e. The normalized spacial score (nSPS) is 23.1. The van der Waals surface area contributed by atoms with Crippen LogP contribution in [-0.4, -0.2) is 49.1 Å². The minimum Gasteiger partial charge on any atom is -0.378 e. The molecule has 19 heavy (non-hydrogen) atoms. The fraction of sp³-hybridized carbons (Fsp3) is 0.571. The van der Waals surface area contributed by atoms with E-state index in [1.807, 2.05) is 11.1 Å². The van der Waals surface area contributed by atoms with Crippen molar-refractivity contribution in [2.45, 2.75) is 19.4 Å². The van der Waals surface area contributed by atoms with Gasteiger partial charge in [-0.1, -0.05) is 6.92 Å². The monoisotopic (exact) mass is 261 g/mol. The Kier molecular flexibility index (Phi) is 3.38. The molecule has 2 aliphatic rings. The maximum Gasteiger partial charge on any atom is 0.210 e. The lowest BCUT2D eigenvalue weighted by molar-refractivity contribution is -0.119. The highest BCUT2D eigenvalue weighted by molar-refractivity contribution is 5.53. The summed E-state index contributed by atoms with van der Waals surface area (Å²) in [5, 5.41) is 0. The van der Waals surface area contributed by atoms with Crippen molar-refractivity contribution >= 4 is 12.1 Å². The standard InChI is InChI=1S/C14H19N3O2/c1-11-8-16(10-18)9-12-6-13(7-15-14(11)12)17-2-4-19-5-3-17/h6-7,10-11H,2-5,8-9H2,1H3. The summed E-state index contributed by atoms with van der Waals surface area (Å²) in [6, 6.07) is 2.18. The average molecular weight is 261 g/mol. The molecule has 102 valence electrons. The molecule has 1 unspecified atom stereocenters. The van der Waals surface area contributed by atoms with Crippen LogP contribution >= 0.6 is 0 Å². The number of anilines is 1. The van der Waals surface area contributed by atoms with Gasteiger partial charge in [0.15, 0.2) is 0 Å². The second kappa shape index (κ2) is 5.17. The Bertz CT molecular complexity index is 472. The first-order valence-corrected chi connectivity index (χ1v) is 6.79. The number of carbonyl (C=O) groups excluding carboxylic acids is 1. The van der Waals surface area contributed by atoms with Crippen LogP contribution in [0.2, 0.25) is 0 Å². The zero-order chi connectivity index (χ0) is 13.2. The van der Waals surface area contributed by atoms with Crippen LogP contribution in [0.3, 0.4) is 0 Å². The molecule has 3 rings (SSSR count). The van der Waals surface area contributed by atoms with Crippen LogP contribution < -0.4 is 4.90 Å². The quantitative estimate of drug-likeness (QED) is 0.745. The average Bonchev–Trinajstić information content (AvgIpc) is 2.47. The highest BCUT2D eigenvalue weighted by Gasteiger charge is 2.23. The molecule has 0 aliphatic carbocycles. The molecule has 0 aromatic carbocycles. The third-order valence-electron chi connectivity index (χ3n) is 3.86. The van der Waals surface area contributed by atoms with Gasteiger partial charge in [0.2, 0.25) is 6.41 Å². The summed E-state index contributed by atoms with van der Waals surface area (Å²) in [6.45, 7) is 6.92. The maximum atomic E-state index is 11.0. The van der Waals surface area contributed by atoms with Crippen molar-refractivity contribution in [1.29, 1.82) is 0 Å². The number of morpholine rings is 1. The molecular weight excluding hydrogens is 242 g/mol. The smallest absolute Gasteiger partial charge is 0.210 e. The number of hydrogen-bond donors (Lipinski definition) is 0.